The summed E-state index contributed by atoms with van der Waals surface area (Å²) in [5.74, 6) is 0.749. The van der Waals surface area contributed by atoms with Crippen LogP contribution in [-0.4, -0.2) is 16.0 Å². The quantitative estimate of drug-likeness (QED) is 0.579. The van der Waals surface area contributed by atoms with Gasteiger partial charge in [-0.1, -0.05) is 55.5 Å². The van der Waals surface area contributed by atoms with Crippen molar-refractivity contribution in [1.82, 2.24) is 10.2 Å². The number of rotatable bonds is 4. The molecule has 0 saturated carbocycles. The lowest BCUT2D eigenvalue weighted by Gasteiger charge is -2.12. The lowest BCUT2D eigenvalue weighted by atomic mass is 9.91. The number of aromatic nitrogens is 2. The first-order valence-electron chi connectivity index (χ1n) is 8.44. The van der Waals surface area contributed by atoms with Gasteiger partial charge in [-0.2, -0.15) is 5.10 Å². The van der Waals surface area contributed by atoms with Crippen LogP contribution < -0.4 is 5.73 Å². The molecule has 1 heterocycles. The zero-order valence-electron chi connectivity index (χ0n) is 14.0. The van der Waals surface area contributed by atoms with Gasteiger partial charge in [0.25, 0.3) is 0 Å². The lowest BCUT2D eigenvalue weighted by Crippen LogP contribution is -2.01. The van der Waals surface area contributed by atoms with Gasteiger partial charge in [-0.3, -0.25) is 9.89 Å². The highest BCUT2D eigenvalue weighted by Gasteiger charge is 2.14. The second-order valence-corrected chi connectivity index (χ2v) is 6.22. The number of aromatic amines is 1. The summed E-state index contributed by atoms with van der Waals surface area (Å²) in [6.07, 6.45) is 1.02. The van der Waals surface area contributed by atoms with Crippen LogP contribution in [0.1, 0.15) is 18.9 Å². The number of Topliss-reactive ketones (excluding diaryl/α,β-unsaturated/α-hetero) is 1. The Balaban J connectivity index is 1.98. The summed E-state index contributed by atoms with van der Waals surface area (Å²) in [6, 6.07) is 18.4. The molecular weight excluding hydrogens is 310 g/mol. The van der Waals surface area contributed by atoms with Crippen molar-refractivity contribution >= 4 is 33.3 Å². The van der Waals surface area contributed by atoms with Crippen LogP contribution in [-0.2, 0) is 11.2 Å². The van der Waals surface area contributed by atoms with E-state index in [0.29, 0.717) is 18.7 Å². The van der Waals surface area contributed by atoms with Crippen molar-refractivity contribution in [2.45, 2.75) is 19.8 Å². The van der Waals surface area contributed by atoms with E-state index in [-0.39, 0.29) is 5.78 Å². The number of benzene rings is 3. The van der Waals surface area contributed by atoms with Gasteiger partial charge in [0.05, 0.1) is 10.9 Å². The summed E-state index contributed by atoms with van der Waals surface area (Å²) >= 11 is 0. The maximum atomic E-state index is 11.9. The minimum absolute atomic E-state index is 0.249. The van der Waals surface area contributed by atoms with Crippen molar-refractivity contribution in [2.75, 3.05) is 5.73 Å². The van der Waals surface area contributed by atoms with Gasteiger partial charge < -0.3 is 5.73 Å². The zero-order chi connectivity index (χ0) is 17.4. The number of nitrogen functional groups attached to an aromatic ring is 1. The fourth-order valence-corrected chi connectivity index (χ4v) is 3.41. The molecule has 0 unspecified atom stereocenters. The van der Waals surface area contributed by atoms with Gasteiger partial charge in [-0.05, 0) is 33.5 Å². The lowest BCUT2D eigenvalue weighted by molar-refractivity contribution is -0.118. The van der Waals surface area contributed by atoms with Crippen LogP contribution in [0.2, 0.25) is 0 Å². The molecule has 0 amide bonds. The van der Waals surface area contributed by atoms with Crippen LogP contribution >= 0.6 is 0 Å². The smallest absolute Gasteiger partial charge is 0.153 e. The second kappa shape index (κ2) is 6.06. The van der Waals surface area contributed by atoms with E-state index >= 15 is 0 Å². The molecular formula is C21H19N3O. The molecule has 0 aliphatic heterocycles. The van der Waals surface area contributed by atoms with E-state index in [9.17, 15) is 4.79 Å². The molecule has 4 aromatic rings. The fraction of sp³-hybridized carbons (Fsp3) is 0.143. The highest BCUT2D eigenvalue weighted by atomic mass is 16.1. The Labute approximate surface area is 145 Å². The largest absolute Gasteiger partial charge is 0.382 e. The second-order valence-electron chi connectivity index (χ2n) is 6.22. The third-order valence-electron chi connectivity index (χ3n) is 4.70. The number of fused-ring (bicyclic) bond motifs is 2. The molecule has 4 nitrogen and oxygen atoms in total. The van der Waals surface area contributed by atoms with E-state index in [4.69, 9.17) is 5.73 Å². The van der Waals surface area contributed by atoms with Crippen molar-refractivity contribution in [3.8, 4) is 11.1 Å². The summed E-state index contributed by atoms with van der Waals surface area (Å²) in [5.41, 5.74) is 10.2. The number of H-pyrrole nitrogens is 1. The topological polar surface area (TPSA) is 71.8 Å². The van der Waals surface area contributed by atoms with Gasteiger partial charge >= 0.3 is 0 Å². The summed E-state index contributed by atoms with van der Waals surface area (Å²) in [6.45, 7) is 1.90. The van der Waals surface area contributed by atoms with E-state index in [1.54, 1.807) is 0 Å². The third kappa shape index (κ3) is 2.56. The first kappa shape index (κ1) is 15.4. The maximum Gasteiger partial charge on any atom is 0.153 e. The number of nitrogens with two attached hydrogens (primary N) is 1. The Morgan fingerprint density at radius 3 is 2.60 bits per heavy atom. The molecule has 0 radical (unpaired) electrons. The van der Waals surface area contributed by atoms with Crippen molar-refractivity contribution in [2.24, 2.45) is 0 Å². The van der Waals surface area contributed by atoms with E-state index in [0.717, 1.165) is 38.4 Å². The molecule has 1 aromatic heterocycles. The Morgan fingerprint density at radius 2 is 1.80 bits per heavy atom. The summed E-state index contributed by atoms with van der Waals surface area (Å²) in [4.78, 5) is 11.9. The normalized spacial score (nSPS) is 11.2. The molecule has 4 rings (SSSR count). The minimum Gasteiger partial charge on any atom is -0.382 e. The molecule has 0 spiro atoms. The number of ketones is 1. The first-order chi connectivity index (χ1) is 12.2. The molecule has 0 aliphatic carbocycles. The van der Waals surface area contributed by atoms with Crippen LogP contribution in [0.4, 0.5) is 5.82 Å². The van der Waals surface area contributed by atoms with Crippen LogP contribution in [0.5, 0.6) is 0 Å². The molecule has 0 atom stereocenters. The Hall–Kier alpha value is -3.14. The molecule has 3 aromatic carbocycles. The van der Waals surface area contributed by atoms with Crippen LogP contribution in [0, 0.1) is 0 Å². The van der Waals surface area contributed by atoms with Crippen molar-refractivity contribution in [3.63, 3.8) is 0 Å². The Kier molecular flexibility index (Phi) is 3.73. The standard InChI is InChI=1S/C21H19N3O/c1-2-14(25)12-13-10-11-17(16-7-4-3-6-15(13)16)18-8-5-9-19-20(18)21(22)24-23-19/h3-11H,2,12H2,1H3,(H3,22,23,24). The predicted molar refractivity (Wildman–Crippen MR) is 102 cm³/mol. The molecule has 3 N–H and O–H groups in total. The van der Waals surface area contributed by atoms with Gasteiger partial charge in [0, 0.05) is 12.8 Å². The first-order valence-corrected chi connectivity index (χ1v) is 8.44. The molecule has 0 bridgehead atoms. The number of hydrogen-bond donors (Lipinski definition) is 2. The summed E-state index contributed by atoms with van der Waals surface area (Å²) < 4.78 is 0. The van der Waals surface area contributed by atoms with Crippen molar-refractivity contribution in [1.29, 1.82) is 0 Å². The highest BCUT2D eigenvalue weighted by Crippen LogP contribution is 2.36. The Morgan fingerprint density at radius 1 is 1.00 bits per heavy atom. The number of carbonyl (C=O) groups excluding carboxylic acids is 1. The third-order valence-corrected chi connectivity index (χ3v) is 4.70. The molecule has 0 aliphatic rings. The predicted octanol–water partition coefficient (Wildman–Crippen LogP) is 4.49. The van der Waals surface area contributed by atoms with Crippen LogP contribution in [0.15, 0.2) is 54.6 Å². The SMILES string of the molecule is CCC(=O)Cc1ccc(-c2cccc3[nH]nc(N)c23)c2ccccc12. The average Bonchev–Trinajstić information content (AvgIpc) is 3.03. The van der Waals surface area contributed by atoms with Crippen LogP contribution in [0.3, 0.4) is 0 Å². The number of anilines is 1. The van der Waals surface area contributed by atoms with E-state index < -0.39 is 0 Å². The zero-order valence-corrected chi connectivity index (χ0v) is 14.0. The average molecular weight is 329 g/mol. The molecule has 25 heavy (non-hydrogen) atoms. The van der Waals surface area contributed by atoms with Gasteiger partial charge in [0.2, 0.25) is 0 Å². The number of nitrogens with one attached hydrogen (secondary N) is 1. The monoisotopic (exact) mass is 329 g/mol. The highest BCUT2D eigenvalue weighted by molar-refractivity contribution is 6.09. The summed E-state index contributed by atoms with van der Waals surface area (Å²) in [5, 5.41) is 10.3. The van der Waals surface area contributed by atoms with Gasteiger partial charge in [0.1, 0.15) is 5.78 Å². The van der Waals surface area contributed by atoms with E-state index in [2.05, 4.69) is 40.5 Å². The van der Waals surface area contributed by atoms with E-state index in [1.807, 2.05) is 31.2 Å². The maximum absolute atomic E-state index is 11.9. The number of hydrogen-bond acceptors (Lipinski definition) is 3. The van der Waals surface area contributed by atoms with Gasteiger partial charge in [0.15, 0.2) is 5.82 Å². The van der Waals surface area contributed by atoms with Crippen LogP contribution in [0.25, 0.3) is 32.8 Å². The molecule has 0 fully saturated rings. The molecule has 0 saturated heterocycles. The summed E-state index contributed by atoms with van der Waals surface area (Å²) in [7, 11) is 0. The van der Waals surface area contributed by atoms with Gasteiger partial charge in [-0.25, -0.2) is 0 Å². The number of nitrogens with zero attached hydrogens (tertiary/aromatic N) is 1. The minimum atomic E-state index is 0.249. The Bertz CT molecular complexity index is 1090. The fourth-order valence-electron chi connectivity index (χ4n) is 3.41. The molecule has 4 heteroatoms. The number of carbonyl (C=O) groups is 1. The van der Waals surface area contributed by atoms with Crippen molar-refractivity contribution < 1.29 is 4.79 Å². The molecule has 124 valence electrons. The van der Waals surface area contributed by atoms with E-state index in [1.165, 1.54) is 0 Å². The van der Waals surface area contributed by atoms with Gasteiger partial charge in [-0.15, -0.1) is 0 Å². The van der Waals surface area contributed by atoms with Crippen molar-refractivity contribution in [3.05, 3.63) is 60.2 Å².